The summed E-state index contributed by atoms with van der Waals surface area (Å²) < 4.78 is 10.3. The molecule has 0 saturated carbocycles. The first-order chi connectivity index (χ1) is 13.0. The maximum atomic E-state index is 12.0. The van der Waals surface area contributed by atoms with Gasteiger partial charge in [-0.15, -0.1) is 0 Å². The molecule has 0 bridgehead atoms. The third kappa shape index (κ3) is 7.16. The van der Waals surface area contributed by atoms with Gasteiger partial charge < -0.3 is 25.0 Å². The molecule has 1 aliphatic rings. The summed E-state index contributed by atoms with van der Waals surface area (Å²) in [5, 5.41) is 5.41. The molecule has 0 aliphatic carbocycles. The highest BCUT2D eigenvalue weighted by molar-refractivity contribution is 5.85. The van der Waals surface area contributed by atoms with Gasteiger partial charge in [0, 0.05) is 19.1 Å². The van der Waals surface area contributed by atoms with E-state index in [0.717, 1.165) is 5.56 Å². The van der Waals surface area contributed by atoms with Crippen LogP contribution in [0, 0.1) is 6.92 Å². The van der Waals surface area contributed by atoms with Gasteiger partial charge >= 0.3 is 6.09 Å². The van der Waals surface area contributed by atoms with Crippen LogP contribution in [0.3, 0.4) is 0 Å². The SMILES string of the molecule is CCOC(=O)N1CCC(NC(=O)CNC(=O)COc2ccc(C)cc2)CC1. The number of carbonyl (C=O) groups excluding carboxylic acids is 3. The van der Waals surface area contributed by atoms with Gasteiger partial charge in [0.25, 0.3) is 5.91 Å². The van der Waals surface area contributed by atoms with Crippen LogP contribution in [0.25, 0.3) is 0 Å². The van der Waals surface area contributed by atoms with E-state index < -0.39 is 0 Å². The molecule has 1 saturated heterocycles. The summed E-state index contributed by atoms with van der Waals surface area (Å²) in [7, 11) is 0. The van der Waals surface area contributed by atoms with Gasteiger partial charge in [-0.2, -0.15) is 0 Å². The molecule has 1 aliphatic heterocycles. The molecule has 3 amide bonds. The molecule has 27 heavy (non-hydrogen) atoms. The highest BCUT2D eigenvalue weighted by Crippen LogP contribution is 2.12. The molecular weight excluding hydrogens is 350 g/mol. The minimum Gasteiger partial charge on any atom is -0.484 e. The Kier molecular flexibility index (Phi) is 7.91. The van der Waals surface area contributed by atoms with Crippen LogP contribution in [-0.2, 0) is 14.3 Å². The molecule has 0 atom stereocenters. The fourth-order valence-electron chi connectivity index (χ4n) is 2.71. The predicted molar refractivity (Wildman–Crippen MR) is 99.4 cm³/mol. The largest absolute Gasteiger partial charge is 0.484 e. The average molecular weight is 377 g/mol. The molecular formula is C19H27N3O5. The second-order valence-corrected chi connectivity index (χ2v) is 6.41. The smallest absolute Gasteiger partial charge is 0.409 e. The van der Waals surface area contributed by atoms with Gasteiger partial charge in [0.05, 0.1) is 13.2 Å². The van der Waals surface area contributed by atoms with Crippen LogP contribution in [0.5, 0.6) is 5.75 Å². The summed E-state index contributed by atoms with van der Waals surface area (Å²) in [6.07, 6.45) is 1.01. The average Bonchev–Trinajstić information content (AvgIpc) is 2.66. The molecule has 0 radical (unpaired) electrons. The van der Waals surface area contributed by atoms with Gasteiger partial charge in [0.15, 0.2) is 6.61 Å². The molecule has 1 aromatic carbocycles. The lowest BCUT2D eigenvalue weighted by Crippen LogP contribution is -2.49. The van der Waals surface area contributed by atoms with Crippen molar-refractivity contribution < 1.29 is 23.9 Å². The number of aryl methyl sites for hydroxylation is 1. The number of nitrogens with one attached hydrogen (secondary N) is 2. The van der Waals surface area contributed by atoms with E-state index in [4.69, 9.17) is 9.47 Å². The molecule has 1 fully saturated rings. The second kappa shape index (κ2) is 10.4. The van der Waals surface area contributed by atoms with E-state index in [0.29, 0.717) is 38.3 Å². The number of nitrogens with zero attached hydrogens (tertiary/aromatic N) is 1. The van der Waals surface area contributed by atoms with E-state index in [9.17, 15) is 14.4 Å². The van der Waals surface area contributed by atoms with Crippen LogP contribution in [0.1, 0.15) is 25.3 Å². The molecule has 8 heteroatoms. The summed E-state index contributed by atoms with van der Waals surface area (Å²) >= 11 is 0. The number of amides is 3. The van der Waals surface area contributed by atoms with E-state index in [-0.39, 0.29) is 37.1 Å². The number of ether oxygens (including phenoxy) is 2. The van der Waals surface area contributed by atoms with Gasteiger partial charge in [0.2, 0.25) is 5.91 Å². The summed E-state index contributed by atoms with van der Waals surface area (Å²) in [6, 6.07) is 7.36. The number of benzene rings is 1. The molecule has 148 valence electrons. The van der Waals surface area contributed by atoms with E-state index in [1.165, 1.54) is 0 Å². The summed E-state index contributed by atoms with van der Waals surface area (Å²) in [5.41, 5.74) is 1.11. The lowest BCUT2D eigenvalue weighted by Gasteiger charge is -2.31. The Morgan fingerprint density at radius 1 is 1.11 bits per heavy atom. The van der Waals surface area contributed by atoms with Crippen LogP contribution in [0.4, 0.5) is 4.79 Å². The maximum Gasteiger partial charge on any atom is 0.409 e. The van der Waals surface area contributed by atoms with Gasteiger partial charge in [-0.3, -0.25) is 9.59 Å². The zero-order chi connectivity index (χ0) is 19.6. The van der Waals surface area contributed by atoms with Gasteiger partial charge in [-0.1, -0.05) is 17.7 Å². The van der Waals surface area contributed by atoms with Crippen LogP contribution in [0.2, 0.25) is 0 Å². The monoisotopic (exact) mass is 377 g/mol. The number of piperidine rings is 1. The number of carbonyl (C=O) groups is 3. The first-order valence-electron chi connectivity index (χ1n) is 9.15. The van der Waals surface area contributed by atoms with Crippen molar-refractivity contribution in [1.29, 1.82) is 0 Å². The van der Waals surface area contributed by atoms with Crippen molar-refractivity contribution >= 4 is 17.9 Å². The Hall–Kier alpha value is -2.77. The topological polar surface area (TPSA) is 97.0 Å². The Morgan fingerprint density at radius 2 is 1.78 bits per heavy atom. The number of hydrogen-bond donors (Lipinski definition) is 2. The van der Waals surface area contributed by atoms with Crippen LogP contribution >= 0.6 is 0 Å². The van der Waals surface area contributed by atoms with Crippen molar-refractivity contribution in [3.63, 3.8) is 0 Å². The fourth-order valence-corrected chi connectivity index (χ4v) is 2.71. The van der Waals surface area contributed by atoms with Gasteiger partial charge in [0.1, 0.15) is 5.75 Å². The zero-order valence-electron chi connectivity index (χ0n) is 15.8. The third-order valence-corrected chi connectivity index (χ3v) is 4.22. The summed E-state index contributed by atoms with van der Waals surface area (Å²) in [6.45, 7) is 4.92. The molecule has 1 heterocycles. The minimum absolute atomic E-state index is 0.0103. The predicted octanol–water partition coefficient (Wildman–Crippen LogP) is 1.23. The number of likely N-dealkylation sites (tertiary alicyclic amines) is 1. The third-order valence-electron chi connectivity index (χ3n) is 4.22. The van der Waals surface area contributed by atoms with Gasteiger partial charge in [-0.25, -0.2) is 4.79 Å². The van der Waals surface area contributed by atoms with Crippen molar-refractivity contribution in [3.8, 4) is 5.75 Å². The summed E-state index contributed by atoms with van der Waals surface area (Å²) in [5.74, 6) is -0.00955. The van der Waals surface area contributed by atoms with E-state index >= 15 is 0 Å². The Morgan fingerprint density at radius 3 is 2.41 bits per heavy atom. The van der Waals surface area contributed by atoms with Crippen molar-refractivity contribution in [2.75, 3.05) is 32.8 Å². The maximum absolute atomic E-state index is 12.0. The van der Waals surface area contributed by atoms with E-state index in [1.807, 2.05) is 19.1 Å². The molecule has 2 N–H and O–H groups in total. The molecule has 2 rings (SSSR count). The quantitative estimate of drug-likeness (QED) is 0.745. The van der Waals surface area contributed by atoms with Crippen molar-refractivity contribution in [3.05, 3.63) is 29.8 Å². The fraction of sp³-hybridized carbons (Fsp3) is 0.526. The number of hydrogen-bond acceptors (Lipinski definition) is 5. The highest BCUT2D eigenvalue weighted by atomic mass is 16.6. The zero-order valence-corrected chi connectivity index (χ0v) is 15.8. The Labute approximate surface area is 159 Å². The van der Waals surface area contributed by atoms with Crippen molar-refractivity contribution in [2.24, 2.45) is 0 Å². The van der Waals surface area contributed by atoms with Gasteiger partial charge in [-0.05, 0) is 38.8 Å². The lowest BCUT2D eigenvalue weighted by molar-refractivity contribution is -0.127. The minimum atomic E-state index is -0.358. The molecule has 8 nitrogen and oxygen atoms in total. The first-order valence-corrected chi connectivity index (χ1v) is 9.15. The second-order valence-electron chi connectivity index (χ2n) is 6.41. The molecule has 0 unspecified atom stereocenters. The lowest BCUT2D eigenvalue weighted by atomic mass is 10.1. The van der Waals surface area contributed by atoms with Crippen LogP contribution in [-0.4, -0.2) is 61.7 Å². The Bertz CT molecular complexity index is 639. The summed E-state index contributed by atoms with van der Waals surface area (Å²) in [4.78, 5) is 37.0. The van der Waals surface area contributed by atoms with Crippen molar-refractivity contribution in [2.45, 2.75) is 32.7 Å². The van der Waals surface area contributed by atoms with E-state index in [2.05, 4.69) is 10.6 Å². The number of rotatable bonds is 7. The van der Waals surface area contributed by atoms with Crippen molar-refractivity contribution in [1.82, 2.24) is 15.5 Å². The molecule has 0 aromatic heterocycles. The molecule has 0 spiro atoms. The normalized spacial score (nSPS) is 14.4. The van der Waals surface area contributed by atoms with E-state index in [1.54, 1.807) is 24.0 Å². The Balaban J connectivity index is 1.61. The standard InChI is InChI=1S/C19H27N3O5/c1-3-26-19(25)22-10-8-15(9-11-22)21-17(23)12-20-18(24)13-27-16-6-4-14(2)5-7-16/h4-7,15H,3,8-13H2,1-2H3,(H,20,24)(H,21,23). The highest BCUT2D eigenvalue weighted by Gasteiger charge is 2.24. The van der Waals surface area contributed by atoms with Crippen LogP contribution < -0.4 is 15.4 Å². The molecule has 1 aromatic rings. The first kappa shape index (κ1) is 20.5. The van der Waals surface area contributed by atoms with Crippen LogP contribution in [0.15, 0.2) is 24.3 Å².